The Morgan fingerprint density at radius 1 is 1.35 bits per heavy atom. The quantitative estimate of drug-likeness (QED) is 0.738. The van der Waals surface area contributed by atoms with Gasteiger partial charge in [0, 0.05) is 19.3 Å². The smallest absolute Gasteiger partial charge is 0.299 e. The molecular formula is C13H11F3O. The van der Waals surface area contributed by atoms with Crippen molar-refractivity contribution in [3.05, 3.63) is 35.4 Å². The van der Waals surface area contributed by atoms with Crippen LogP contribution in [0.5, 0.6) is 0 Å². The summed E-state index contributed by atoms with van der Waals surface area (Å²) < 4.78 is 37.2. The molecule has 0 aliphatic carbocycles. The summed E-state index contributed by atoms with van der Waals surface area (Å²) in [6, 6.07) is 4.78. The summed E-state index contributed by atoms with van der Waals surface area (Å²) in [5.74, 6) is 2.17. The topological polar surface area (TPSA) is 17.1 Å². The number of carbonyl (C=O) groups is 1. The minimum Gasteiger partial charge on any atom is -0.299 e. The molecule has 0 amide bonds. The molecule has 0 N–H and O–H groups in total. The lowest BCUT2D eigenvalue weighted by Gasteiger charge is -2.08. The summed E-state index contributed by atoms with van der Waals surface area (Å²) in [6.07, 6.45) is 1.13. The third kappa shape index (κ3) is 4.31. The van der Waals surface area contributed by atoms with Gasteiger partial charge in [0.2, 0.25) is 0 Å². The zero-order valence-corrected chi connectivity index (χ0v) is 9.05. The standard InChI is InChI=1S/C13H11F3O/c1-2-3-7-12(17)9-10-5-4-6-11(8-10)13(14,15)16/h1,4-6,8H,3,7,9H2. The fraction of sp³-hybridized carbons (Fsp3) is 0.308. The highest BCUT2D eigenvalue weighted by Gasteiger charge is 2.30. The third-order valence-electron chi connectivity index (χ3n) is 2.20. The lowest BCUT2D eigenvalue weighted by atomic mass is 10.0. The van der Waals surface area contributed by atoms with Crippen molar-refractivity contribution in [3.8, 4) is 12.3 Å². The molecule has 0 saturated carbocycles. The van der Waals surface area contributed by atoms with Crippen LogP contribution in [-0.4, -0.2) is 5.78 Å². The summed E-state index contributed by atoms with van der Waals surface area (Å²) in [5.41, 5.74) is -0.374. The van der Waals surface area contributed by atoms with Crippen LogP contribution in [0.4, 0.5) is 13.2 Å². The third-order valence-corrected chi connectivity index (χ3v) is 2.20. The Morgan fingerprint density at radius 2 is 2.06 bits per heavy atom. The van der Waals surface area contributed by atoms with Crippen LogP contribution in [0.1, 0.15) is 24.0 Å². The Morgan fingerprint density at radius 3 is 2.65 bits per heavy atom. The van der Waals surface area contributed by atoms with Gasteiger partial charge in [0.1, 0.15) is 5.78 Å². The largest absolute Gasteiger partial charge is 0.416 e. The molecule has 0 aromatic heterocycles. The number of ketones is 1. The Balaban J connectivity index is 2.73. The molecular weight excluding hydrogens is 229 g/mol. The SMILES string of the molecule is C#CCCC(=O)Cc1cccc(C(F)(F)F)c1. The Bertz CT molecular complexity index is 441. The van der Waals surface area contributed by atoms with Gasteiger partial charge in [-0.15, -0.1) is 12.3 Å². The molecule has 0 aliphatic heterocycles. The number of benzene rings is 1. The van der Waals surface area contributed by atoms with E-state index in [0.29, 0.717) is 12.0 Å². The van der Waals surface area contributed by atoms with Gasteiger partial charge in [0.25, 0.3) is 0 Å². The highest BCUT2D eigenvalue weighted by Crippen LogP contribution is 2.29. The number of halogens is 3. The maximum absolute atomic E-state index is 12.4. The summed E-state index contributed by atoms with van der Waals surface area (Å²) in [5, 5.41) is 0. The number of rotatable bonds is 4. The molecule has 0 atom stereocenters. The van der Waals surface area contributed by atoms with Crippen LogP contribution in [0.3, 0.4) is 0 Å². The van der Waals surface area contributed by atoms with Crippen molar-refractivity contribution in [2.24, 2.45) is 0 Å². The molecule has 90 valence electrons. The zero-order valence-electron chi connectivity index (χ0n) is 9.05. The second-order valence-electron chi connectivity index (χ2n) is 3.62. The number of terminal acetylenes is 1. The second kappa shape index (κ2) is 5.53. The van der Waals surface area contributed by atoms with Crippen molar-refractivity contribution < 1.29 is 18.0 Å². The van der Waals surface area contributed by atoms with Crippen LogP contribution < -0.4 is 0 Å². The first-order chi connectivity index (χ1) is 7.93. The molecule has 0 bridgehead atoms. The molecule has 1 nitrogen and oxygen atoms in total. The van der Waals surface area contributed by atoms with E-state index in [4.69, 9.17) is 6.42 Å². The summed E-state index contributed by atoms with van der Waals surface area (Å²) >= 11 is 0. The summed E-state index contributed by atoms with van der Waals surface area (Å²) in [4.78, 5) is 11.4. The van der Waals surface area contributed by atoms with Crippen molar-refractivity contribution in [2.75, 3.05) is 0 Å². The molecule has 17 heavy (non-hydrogen) atoms. The number of hydrogen-bond acceptors (Lipinski definition) is 1. The minimum atomic E-state index is -4.38. The predicted octanol–water partition coefficient (Wildman–Crippen LogP) is 3.23. The first-order valence-electron chi connectivity index (χ1n) is 5.05. The summed E-state index contributed by atoms with van der Waals surface area (Å²) in [7, 11) is 0. The van der Waals surface area contributed by atoms with Gasteiger partial charge in [-0.1, -0.05) is 18.2 Å². The molecule has 0 radical (unpaired) electrons. The van der Waals surface area contributed by atoms with E-state index in [9.17, 15) is 18.0 Å². The normalized spacial score (nSPS) is 10.9. The Labute approximate surface area is 97.6 Å². The number of alkyl halides is 3. The van der Waals surface area contributed by atoms with Crippen LogP contribution in [0.2, 0.25) is 0 Å². The molecule has 4 heteroatoms. The molecule has 1 rings (SSSR count). The first-order valence-corrected chi connectivity index (χ1v) is 5.05. The van der Waals surface area contributed by atoms with Crippen molar-refractivity contribution in [1.82, 2.24) is 0 Å². The molecule has 0 heterocycles. The van der Waals surface area contributed by atoms with E-state index >= 15 is 0 Å². The van der Waals surface area contributed by atoms with Gasteiger partial charge in [-0.2, -0.15) is 13.2 Å². The van der Waals surface area contributed by atoms with E-state index in [2.05, 4.69) is 5.92 Å². The summed E-state index contributed by atoms with van der Waals surface area (Å²) in [6.45, 7) is 0. The van der Waals surface area contributed by atoms with Crippen molar-refractivity contribution in [1.29, 1.82) is 0 Å². The zero-order chi connectivity index (χ0) is 12.9. The van der Waals surface area contributed by atoms with Gasteiger partial charge in [-0.25, -0.2) is 0 Å². The fourth-order valence-electron chi connectivity index (χ4n) is 1.39. The van der Waals surface area contributed by atoms with Gasteiger partial charge in [0.05, 0.1) is 5.56 Å². The monoisotopic (exact) mass is 240 g/mol. The number of Topliss-reactive ketones (excluding diaryl/α,β-unsaturated/α-hetero) is 1. The van der Waals surface area contributed by atoms with E-state index in [1.54, 1.807) is 0 Å². The lowest BCUT2D eigenvalue weighted by molar-refractivity contribution is -0.137. The van der Waals surface area contributed by atoms with Gasteiger partial charge in [0.15, 0.2) is 0 Å². The number of hydrogen-bond donors (Lipinski definition) is 0. The van der Waals surface area contributed by atoms with Gasteiger partial charge < -0.3 is 0 Å². The van der Waals surface area contributed by atoms with Crippen molar-refractivity contribution in [2.45, 2.75) is 25.4 Å². The molecule has 0 aliphatic rings. The molecule has 1 aromatic rings. The maximum Gasteiger partial charge on any atom is 0.416 e. The van der Waals surface area contributed by atoms with Gasteiger partial charge in [-0.05, 0) is 11.6 Å². The van der Waals surface area contributed by atoms with Crippen LogP contribution in [0.15, 0.2) is 24.3 Å². The van der Waals surface area contributed by atoms with Crippen LogP contribution in [0, 0.1) is 12.3 Å². The van der Waals surface area contributed by atoms with Crippen molar-refractivity contribution >= 4 is 5.78 Å². The predicted molar refractivity (Wildman–Crippen MR) is 58.2 cm³/mol. The molecule has 0 spiro atoms. The van der Waals surface area contributed by atoms with Gasteiger partial charge >= 0.3 is 6.18 Å². The minimum absolute atomic E-state index is 0.00833. The highest BCUT2D eigenvalue weighted by molar-refractivity contribution is 5.81. The first kappa shape index (κ1) is 13.3. The number of carbonyl (C=O) groups excluding carboxylic acids is 1. The second-order valence-corrected chi connectivity index (χ2v) is 3.62. The average molecular weight is 240 g/mol. The molecule has 0 unspecified atom stereocenters. The van der Waals surface area contributed by atoms with E-state index in [0.717, 1.165) is 12.1 Å². The van der Waals surface area contributed by atoms with Crippen LogP contribution >= 0.6 is 0 Å². The fourth-order valence-corrected chi connectivity index (χ4v) is 1.39. The highest BCUT2D eigenvalue weighted by atomic mass is 19.4. The molecule has 0 saturated heterocycles. The average Bonchev–Trinajstić information content (AvgIpc) is 2.25. The lowest BCUT2D eigenvalue weighted by Crippen LogP contribution is -2.07. The Hall–Kier alpha value is -1.76. The van der Waals surface area contributed by atoms with E-state index < -0.39 is 11.7 Å². The van der Waals surface area contributed by atoms with E-state index in [1.807, 2.05) is 0 Å². The van der Waals surface area contributed by atoms with E-state index in [-0.39, 0.29) is 18.6 Å². The van der Waals surface area contributed by atoms with E-state index in [1.165, 1.54) is 12.1 Å². The van der Waals surface area contributed by atoms with Crippen LogP contribution in [0.25, 0.3) is 0 Å². The van der Waals surface area contributed by atoms with Gasteiger partial charge in [-0.3, -0.25) is 4.79 Å². The van der Waals surface area contributed by atoms with Crippen LogP contribution in [-0.2, 0) is 17.4 Å². The molecule has 1 aromatic carbocycles. The molecule has 0 fully saturated rings. The van der Waals surface area contributed by atoms with Crippen molar-refractivity contribution in [3.63, 3.8) is 0 Å². The maximum atomic E-state index is 12.4. The Kier molecular flexibility index (Phi) is 4.33.